The smallest absolute Gasteiger partial charge is 0.257 e. The van der Waals surface area contributed by atoms with E-state index in [4.69, 9.17) is 4.52 Å². The van der Waals surface area contributed by atoms with E-state index in [0.717, 1.165) is 36.7 Å². The van der Waals surface area contributed by atoms with E-state index in [1.54, 1.807) is 7.05 Å². The van der Waals surface area contributed by atoms with Gasteiger partial charge in [-0.1, -0.05) is 24.2 Å². The van der Waals surface area contributed by atoms with Gasteiger partial charge >= 0.3 is 0 Å². The summed E-state index contributed by atoms with van der Waals surface area (Å²) in [6.07, 6.45) is 1.69. The summed E-state index contributed by atoms with van der Waals surface area (Å²) in [5.74, 6) is 2.12. The maximum absolute atomic E-state index is 5.26. The lowest BCUT2D eigenvalue weighted by atomic mass is 10.1. The number of benzene rings is 1. The third-order valence-electron chi connectivity index (χ3n) is 3.41. The molecule has 25 heavy (non-hydrogen) atoms. The van der Waals surface area contributed by atoms with Gasteiger partial charge in [0.2, 0.25) is 0 Å². The summed E-state index contributed by atoms with van der Waals surface area (Å²) < 4.78 is 5.26. The third kappa shape index (κ3) is 7.01. The molecule has 0 atom stereocenters. The first-order valence-electron chi connectivity index (χ1n) is 8.32. The molecule has 0 amide bonds. The van der Waals surface area contributed by atoms with Crippen LogP contribution in [0.1, 0.15) is 39.1 Å². The van der Waals surface area contributed by atoms with Crippen LogP contribution in [0.3, 0.4) is 0 Å². The number of aryl methyl sites for hydroxylation is 1. The van der Waals surface area contributed by atoms with Gasteiger partial charge in [-0.2, -0.15) is 4.98 Å². The van der Waals surface area contributed by atoms with Crippen molar-refractivity contribution in [2.75, 3.05) is 13.6 Å². The molecule has 7 heteroatoms. The van der Waals surface area contributed by atoms with Gasteiger partial charge in [-0.05, 0) is 44.9 Å². The lowest BCUT2D eigenvalue weighted by molar-refractivity contribution is 0.423. The largest absolute Gasteiger partial charge is 0.356 e. The Labute approximate surface area is 166 Å². The van der Waals surface area contributed by atoms with Crippen molar-refractivity contribution in [1.82, 2.24) is 20.8 Å². The van der Waals surface area contributed by atoms with Crippen molar-refractivity contribution in [1.29, 1.82) is 0 Å². The quantitative estimate of drug-likeness (QED) is 0.409. The minimum Gasteiger partial charge on any atom is -0.356 e. The van der Waals surface area contributed by atoms with Gasteiger partial charge in [0, 0.05) is 31.1 Å². The summed E-state index contributed by atoms with van der Waals surface area (Å²) in [7, 11) is 1.78. The molecule has 1 heterocycles. The minimum atomic E-state index is -0.00902. The summed E-state index contributed by atoms with van der Waals surface area (Å²) in [5, 5.41) is 10.6. The van der Waals surface area contributed by atoms with Gasteiger partial charge in [0.15, 0.2) is 11.8 Å². The van der Waals surface area contributed by atoms with Crippen LogP contribution >= 0.6 is 24.0 Å². The van der Waals surface area contributed by atoms with E-state index in [2.05, 4.69) is 58.7 Å². The molecule has 0 unspecified atom stereocenters. The Morgan fingerprint density at radius 1 is 1.20 bits per heavy atom. The van der Waals surface area contributed by atoms with Crippen LogP contribution in [0.4, 0.5) is 0 Å². The SMILES string of the molecule is CCc1noc(-c2ccc(CCNC(=NC)NC(C)(C)C)cc2)n1.I. The lowest BCUT2D eigenvalue weighted by Gasteiger charge is -2.23. The van der Waals surface area contributed by atoms with E-state index in [1.807, 2.05) is 19.1 Å². The van der Waals surface area contributed by atoms with Crippen LogP contribution in [0.25, 0.3) is 11.5 Å². The Bertz CT molecular complexity index is 674. The van der Waals surface area contributed by atoms with Crippen LogP contribution < -0.4 is 10.6 Å². The highest BCUT2D eigenvalue weighted by molar-refractivity contribution is 14.0. The van der Waals surface area contributed by atoms with Gasteiger partial charge in [0.25, 0.3) is 5.89 Å². The first-order chi connectivity index (χ1) is 11.4. The highest BCUT2D eigenvalue weighted by atomic mass is 127. The van der Waals surface area contributed by atoms with E-state index in [9.17, 15) is 0 Å². The molecule has 1 aromatic carbocycles. The normalized spacial score (nSPS) is 11.8. The number of nitrogens with one attached hydrogen (secondary N) is 2. The molecule has 6 nitrogen and oxygen atoms in total. The van der Waals surface area contributed by atoms with Gasteiger partial charge < -0.3 is 15.2 Å². The fourth-order valence-corrected chi connectivity index (χ4v) is 2.19. The van der Waals surface area contributed by atoms with E-state index in [1.165, 1.54) is 5.56 Å². The second kappa shape index (κ2) is 9.74. The van der Waals surface area contributed by atoms with E-state index in [-0.39, 0.29) is 29.5 Å². The zero-order valence-electron chi connectivity index (χ0n) is 15.6. The molecule has 0 fully saturated rings. The Balaban J connectivity index is 0.00000312. The van der Waals surface area contributed by atoms with Gasteiger partial charge in [-0.25, -0.2) is 0 Å². The molecule has 0 radical (unpaired) electrons. The molecule has 1 aromatic heterocycles. The van der Waals surface area contributed by atoms with Crippen molar-refractivity contribution in [3.8, 4) is 11.5 Å². The van der Waals surface area contributed by atoms with Crippen LogP contribution in [0, 0.1) is 0 Å². The number of nitrogens with zero attached hydrogens (tertiary/aromatic N) is 3. The summed E-state index contributed by atoms with van der Waals surface area (Å²) in [6, 6.07) is 8.22. The number of rotatable bonds is 5. The van der Waals surface area contributed by atoms with Gasteiger partial charge in [-0.15, -0.1) is 24.0 Å². The molecule has 2 N–H and O–H groups in total. The fraction of sp³-hybridized carbons (Fsp3) is 0.500. The average molecular weight is 457 g/mol. The highest BCUT2D eigenvalue weighted by Crippen LogP contribution is 2.18. The molecule has 0 aliphatic rings. The maximum atomic E-state index is 5.26. The van der Waals surface area contributed by atoms with Crippen molar-refractivity contribution < 1.29 is 4.52 Å². The van der Waals surface area contributed by atoms with Crippen molar-refractivity contribution in [2.45, 2.75) is 46.1 Å². The molecule has 0 bridgehead atoms. The standard InChI is InChI=1S/C18H27N5O.HI/c1-6-15-21-16(24-23-15)14-9-7-13(8-10-14)11-12-20-17(19-5)22-18(2,3)4;/h7-10H,6,11-12H2,1-5H3,(H2,19,20,22);1H. The topological polar surface area (TPSA) is 75.3 Å². The van der Waals surface area contributed by atoms with Crippen molar-refractivity contribution in [3.05, 3.63) is 35.7 Å². The summed E-state index contributed by atoms with van der Waals surface area (Å²) >= 11 is 0. The van der Waals surface area contributed by atoms with E-state index < -0.39 is 0 Å². The number of aliphatic imine (C=N–C) groups is 1. The Hall–Kier alpha value is -1.64. The average Bonchev–Trinajstić information content (AvgIpc) is 3.02. The zero-order valence-corrected chi connectivity index (χ0v) is 17.9. The van der Waals surface area contributed by atoms with Crippen LogP contribution in [0.15, 0.2) is 33.8 Å². The molecule has 0 spiro atoms. The molecular formula is C18H28IN5O. The number of hydrogen-bond acceptors (Lipinski definition) is 4. The lowest BCUT2D eigenvalue weighted by Crippen LogP contribution is -2.48. The number of hydrogen-bond donors (Lipinski definition) is 2. The maximum Gasteiger partial charge on any atom is 0.257 e. The number of aromatic nitrogens is 2. The molecule has 138 valence electrons. The molecule has 0 aliphatic carbocycles. The fourth-order valence-electron chi connectivity index (χ4n) is 2.19. The van der Waals surface area contributed by atoms with E-state index >= 15 is 0 Å². The molecule has 0 saturated heterocycles. The Morgan fingerprint density at radius 3 is 2.40 bits per heavy atom. The van der Waals surface area contributed by atoms with E-state index in [0.29, 0.717) is 5.89 Å². The second-order valence-corrected chi connectivity index (χ2v) is 6.69. The first-order valence-corrected chi connectivity index (χ1v) is 8.32. The van der Waals surface area contributed by atoms with Crippen molar-refractivity contribution in [2.24, 2.45) is 4.99 Å². The zero-order chi connectivity index (χ0) is 17.6. The summed E-state index contributed by atoms with van der Waals surface area (Å²) in [5.41, 5.74) is 2.18. The monoisotopic (exact) mass is 457 g/mol. The third-order valence-corrected chi connectivity index (χ3v) is 3.41. The highest BCUT2D eigenvalue weighted by Gasteiger charge is 2.11. The van der Waals surface area contributed by atoms with Gasteiger partial charge in [-0.3, -0.25) is 4.99 Å². The molecule has 2 aromatic rings. The first kappa shape index (κ1) is 21.4. The molecule has 0 saturated carbocycles. The molecular weight excluding hydrogens is 429 g/mol. The van der Waals surface area contributed by atoms with Crippen molar-refractivity contribution in [3.63, 3.8) is 0 Å². The van der Waals surface area contributed by atoms with Crippen LogP contribution in [-0.2, 0) is 12.8 Å². The number of halogens is 1. The second-order valence-electron chi connectivity index (χ2n) is 6.69. The van der Waals surface area contributed by atoms with Crippen LogP contribution in [-0.4, -0.2) is 35.2 Å². The Morgan fingerprint density at radius 2 is 1.88 bits per heavy atom. The van der Waals surface area contributed by atoms with Gasteiger partial charge in [0.1, 0.15) is 0 Å². The van der Waals surface area contributed by atoms with Gasteiger partial charge in [0.05, 0.1) is 0 Å². The molecule has 2 rings (SSSR count). The summed E-state index contributed by atoms with van der Waals surface area (Å²) in [6.45, 7) is 9.16. The van der Waals surface area contributed by atoms with Crippen LogP contribution in [0.2, 0.25) is 0 Å². The van der Waals surface area contributed by atoms with Crippen molar-refractivity contribution >= 4 is 29.9 Å². The summed E-state index contributed by atoms with van der Waals surface area (Å²) in [4.78, 5) is 8.58. The Kier molecular flexibility index (Phi) is 8.34. The number of guanidine groups is 1. The molecule has 0 aliphatic heterocycles. The predicted octanol–water partition coefficient (Wildman–Crippen LogP) is 3.42. The van der Waals surface area contributed by atoms with Crippen LogP contribution in [0.5, 0.6) is 0 Å². The predicted molar refractivity (Wildman–Crippen MR) is 112 cm³/mol. The minimum absolute atomic E-state index is 0.